The number of nitrogens with zero attached hydrogens (tertiary/aromatic N) is 1. The fraction of sp³-hybridized carbons (Fsp3) is 0.364. The summed E-state index contributed by atoms with van der Waals surface area (Å²) in [5.74, 6) is 0.0175. The zero-order valence-electron chi connectivity index (χ0n) is 16.7. The van der Waals surface area contributed by atoms with Crippen molar-refractivity contribution in [1.29, 1.82) is 0 Å². The van der Waals surface area contributed by atoms with E-state index in [-0.39, 0.29) is 25.0 Å². The highest BCUT2D eigenvalue weighted by Gasteiger charge is 2.26. The molecule has 1 N–H and O–H groups in total. The second-order valence-corrected chi connectivity index (χ2v) is 7.52. The predicted molar refractivity (Wildman–Crippen MR) is 116 cm³/mol. The zero-order chi connectivity index (χ0) is 21.2. The third kappa shape index (κ3) is 7.26. The summed E-state index contributed by atoms with van der Waals surface area (Å²) < 4.78 is 5.59. The number of unbranched alkanes of at least 4 members (excludes halogenated alkanes) is 1. The third-order valence-corrected chi connectivity index (χ3v) is 5.09. The second kappa shape index (κ2) is 11.7. The number of nitrogens with one attached hydrogen (secondary N) is 1. The summed E-state index contributed by atoms with van der Waals surface area (Å²) in [5, 5.41) is 4.01. The van der Waals surface area contributed by atoms with Gasteiger partial charge >= 0.3 is 0 Å². The summed E-state index contributed by atoms with van der Waals surface area (Å²) in [4.78, 5) is 27.0. The van der Waals surface area contributed by atoms with Crippen molar-refractivity contribution in [3.63, 3.8) is 0 Å². The van der Waals surface area contributed by atoms with E-state index in [1.807, 2.05) is 18.2 Å². The molecule has 2 aromatic rings. The number of benzene rings is 2. The fourth-order valence-corrected chi connectivity index (χ4v) is 3.01. The fourth-order valence-electron chi connectivity index (χ4n) is 2.69. The van der Waals surface area contributed by atoms with Crippen LogP contribution in [0.5, 0.6) is 5.75 Å². The molecule has 2 rings (SSSR count). The van der Waals surface area contributed by atoms with Crippen molar-refractivity contribution in [2.45, 2.75) is 39.3 Å². The van der Waals surface area contributed by atoms with Crippen molar-refractivity contribution >= 4 is 35.0 Å². The predicted octanol–water partition coefficient (Wildman–Crippen LogP) is 4.71. The molecule has 0 aliphatic carbocycles. The van der Waals surface area contributed by atoms with Gasteiger partial charge in [0.2, 0.25) is 5.91 Å². The van der Waals surface area contributed by atoms with Gasteiger partial charge in [-0.2, -0.15) is 0 Å². The maximum atomic E-state index is 12.9. The topological polar surface area (TPSA) is 58.6 Å². The molecule has 0 unspecified atom stereocenters. The highest BCUT2D eigenvalue weighted by Crippen LogP contribution is 2.20. The van der Waals surface area contributed by atoms with Gasteiger partial charge in [0.15, 0.2) is 6.61 Å². The van der Waals surface area contributed by atoms with Crippen LogP contribution in [0.4, 0.5) is 0 Å². The van der Waals surface area contributed by atoms with Crippen LogP contribution < -0.4 is 10.1 Å². The van der Waals surface area contributed by atoms with Crippen LogP contribution in [0.25, 0.3) is 0 Å². The molecule has 156 valence electrons. The van der Waals surface area contributed by atoms with Crippen LogP contribution in [0.3, 0.4) is 0 Å². The van der Waals surface area contributed by atoms with E-state index < -0.39 is 6.04 Å². The molecule has 0 aromatic heterocycles. The number of ether oxygens (including phenoxy) is 1. The normalized spacial score (nSPS) is 11.6. The Bertz CT molecular complexity index is 812. The number of carbonyl (C=O) groups is 2. The van der Waals surface area contributed by atoms with Gasteiger partial charge in [0, 0.05) is 23.1 Å². The van der Waals surface area contributed by atoms with Crippen LogP contribution in [0.15, 0.2) is 48.5 Å². The Morgan fingerprint density at radius 3 is 2.45 bits per heavy atom. The molecule has 5 nitrogen and oxygen atoms in total. The average molecular weight is 437 g/mol. The number of hydrogen-bond donors (Lipinski definition) is 1. The van der Waals surface area contributed by atoms with Gasteiger partial charge < -0.3 is 15.0 Å². The van der Waals surface area contributed by atoms with E-state index in [1.54, 1.807) is 37.3 Å². The molecule has 29 heavy (non-hydrogen) atoms. The number of amides is 2. The molecule has 0 saturated carbocycles. The van der Waals surface area contributed by atoms with E-state index in [0.29, 0.717) is 22.3 Å². The Morgan fingerprint density at radius 1 is 1.10 bits per heavy atom. The van der Waals surface area contributed by atoms with E-state index in [4.69, 9.17) is 27.9 Å². The monoisotopic (exact) mass is 436 g/mol. The Kier molecular flexibility index (Phi) is 9.29. The molecule has 0 radical (unpaired) electrons. The summed E-state index contributed by atoms with van der Waals surface area (Å²) >= 11 is 12.1. The molecule has 2 amide bonds. The maximum absolute atomic E-state index is 12.9. The van der Waals surface area contributed by atoms with Crippen LogP contribution in [0, 0.1) is 0 Å². The molecule has 0 aliphatic heterocycles. The lowest BCUT2D eigenvalue weighted by Crippen LogP contribution is -2.49. The lowest BCUT2D eigenvalue weighted by Gasteiger charge is -2.29. The van der Waals surface area contributed by atoms with Gasteiger partial charge in [0.1, 0.15) is 11.8 Å². The highest BCUT2D eigenvalue weighted by atomic mass is 35.5. The molecule has 0 saturated heterocycles. The second-order valence-electron chi connectivity index (χ2n) is 6.68. The lowest BCUT2D eigenvalue weighted by molar-refractivity contribution is -0.142. The largest absolute Gasteiger partial charge is 0.484 e. The van der Waals surface area contributed by atoms with Gasteiger partial charge in [-0.1, -0.05) is 54.7 Å². The number of carbonyl (C=O) groups excluding carboxylic acids is 2. The summed E-state index contributed by atoms with van der Waals surface area (Å²) in [6.45, 7) is 4.35. The molecule has 0 aliphatic rings. The van der Waals surface area contributed by atoms with Crippen molar-refractivity contribution in [2.75, 3.05) is 13.2 Å². The molecular formula is C22H26Cl2N2O3. The number of rotatable bonds is 10. The van der Waals surface area contributed by atoms with Crippen molar-refractivity contribution in [1.82, 2.24) is 10.2 Å². The average Bonchev–Trinajstić information content (AvgIpc) is 2.72. The Morgan fingerprint density at radius 2 is 1.79 bits per heavy atom. The summed E-state index contributed by atoms with van der Waals surface area (Å²) in [6.07, 6.45) is 1.86. The summed E-state index contributed by atoms with van der Waals surface area (Å²) in [7, 11) is 0. The Labute approximate surface area is 181 Å². The lowest BCUT2D eigenvalue weighted by atomic mass is 10.1. The smallest absolute Gasteiger partial charge is 0.261 e. The van der Waals surface area contributed by atoms with E-state index in [1.165, 1.54) is 4.90 Å². The molecule has 0 heterocycles. The molecule has 7 heteroatoms. The van der Waals surface area contributed by atoms with Crippen LogP contribution in [0.1, 0.15) is 32.3 Å². The quantitative estimate of drug-likeness (QED) is 0.548. The first kappa shape index (κ1) is 23.0. The first-order chi connectivity index (χ1) is 13.9. The highest BCUT2D eigenvalue weighted by molar-refractivity contribution is 6.31. The summed E-state index contributed by atoms with van der Waals surface area (Å²) in [6, 6.07) is 13.4. The van der Waals surface area contributed by atoms with Gasteiger partial charge in [-0.25, -0.2) is 0 Å². The summed E-state index contributed by atoms with van der Waals surface area (Å²) in [5.41, 5.74) is 0.766. The third-order valence-electron chi connectivity index (χ3n) is 4.47. The van der Waals surface area contributed by atoms with Crippen molar-refractivity contribution in [3.8, 4) is 5.75 Å². The van der Waals surface area contributed by atoms with Crippen LogP contribution in [-0.4, -0.2) is 35.9 Å². The van der Waals surface area contributed by atoms with Gasteiger partial charge in [-0.05, 0) is 49.2 Å². The first-order valence-electron chi connectivity index (χ1n) is 9.61. The molecule has 0 bridgehead atoms. The van der Waals surface area contributed by atoms with Crippen LogP contribution >= 0.6 is 23.2 Å². The number of hydrogen-bond acceptors (Lipinski definition) is 3. The minimum Gasteiger partial charge on any atom is -0.484 e. The Hall–Kier alpha value is -2.24. The van der Waals surface area contributed by atoms with Crippen LogP contribution in [-0.2, 0) is 16.1 Å². The van der Waals surface area contributed by atoms with Crippen molar-refractivity contribution in [2.24, 2.45) is 0 Å². The molecule has 1 atom stereocenters. The van der Waals surface area contributed by atoms with Crippen molar-refractivity contribution < 1.29 is 14.3 Å². The van der Waals surface area contributed by atoms with E-state index in [0.717, 1.165) is 18.4 Å². The molecule has 0 spiro atoms. The SMILES string of the molecule is CCCCNC(=O)[C@@H](C)N(Cc1ccccc1Cl)C(=O)COc1ccc(Cl)cc1. The minimum atomic E-state index is -0.663. The van der Waals surface area contributed by atoms with Gasteiger partial charge in [-0.3, -0.25) is 9.59 Å². The van der Waals surface area contributed by atoms with E-state index in [9.17, 15) is 9.59 Å². The molecule has 0 fully saturated rings. The van der Waals surface area contributed by atoms with Crippen LogP contribution in [0.2, 0.25) is 10.0 Å². The standard InChI is InChI=1S/C22H26Cl2N2O3/c1-3-4-13-25-22(28)16(2)26(14-17-7-5-6-8-20(17)24)21(27)15-29-19-11-9-18(23)10-12-19/h5-12,16H,3-4,13-15H2,1-2H3,(H,25,28)/t16-/m1/s1. The van der Waals surface area contributed by atoms with E-state index >= 15 is 0 Å². The Balaban J connectivity index is 2.11. The minimum absolute atomic E-state index is 0.196. The number of halogens is 2. The molecular weight excluding hydrogens is 411 g/mol. The molecule has 2 aromatic carbocycles. The van der Waals surface area contributed by atoms with Gasteiger partial charge in [0.05, 0.1) is 0 Å². The van der Waals surface area contributed by atoms with Gasteiger partial charge in [0.25, 0.3) is 5.91 Å². The maximum Gasteiger partial charge on any atom is 0.261 e. The zero-order valence-corrected chi connectivity index (χ0v) is 18.2. The van der Waals surface area contributed by atoms with E-state index in [2.05, 4.69) is 12.2 Å². The van der Waals surface area contributed by atoms with Crippen molar-refractivity contribution in [3.05, 3.63) is 64.1 Å². The first-order valence-corrected chi connectivity index (χ1v) is 10.4. The van der Waals surface area contributed by atoms with Gasteiger partial charge in [-0.15, -0.1) is 0 Å².